The SMILES string of the molecule is CC(N)(CO)CCCOC1CCCc2ccccc21. The van der Waals surface area contributed by atoms with Crippen LogP contribution >= 0.6 is 0 Å². The third-order valence-corrected chi connectivity index (χ3v) is 3.89. The number of aliphatic hydroxyl groups is 1. The molecule has 1 aromatic rings. The molecule has 0 bridgehead atoms. The molecule has 0 fully saturated rings. The lowest BCUT2D eigenvalue weighted by Crippen LogP contribution is -2.40. The van der Waals surface area contributed by atoms with Crippen LogP contribution < -0.4 is 5.73 Å². The maximum Gasteiger partial charge on any atom is 0.0827 e. The number of benzene rings is 1. The van der Waals surface area contributed by atoms with E-state index in [0.717, 1.165) is 19.3 Å². The van der Waals surface area contributed by atoms with E-state index in [9.17, 15) is 0 Å². The fourth-order valence-electron chi connectivity index (χ4n) is 2.66. The average molecular weight is 263 g/mol. The first-order chi connectivity index (χ1) is 9.12. The summed E-state index contributed by atoms with van der Waals surface area (Å²) in [7, 11) is 0. The molecular formula is C16H25NO2. The molecule has 3 N–H and O–H groups in total. The van der Waals surface area contributed by atoms with Crippen LogP contribution in [-0.4, -0.2) is 23.9 Å². The summed E-state index contributed by atoms with van der Waals surface area (Å²) in [5.74, 6) is 0. The molecule has 19 heavy (non-hydrogen) atoms. The van der Waals surface area contributed by atoms with Crippen molar-refractivity contribution in [3.05, 3.63) is 35.4 Å². The smallest absolute Gasteiger partial charge is 0.0827 e. The molecule has 2 unspecified atom stereocenters. The van der Waals surface area contributed by atoms with Gasteiger partial charge in [0.25, 0.3) is 0 Å². The monoisotopic (exact) mass is 263 g/mol. The quantitative estimate of drug-likeness (QED) is 0.776. The van der Waals surface area contributed by atoms with Crippen LogP contribution in [0, 0.1) is 0 Å². The zero-order valence-corrected chi connectivity index (χ0v) is 11.8. The van der Waals surface area contributed by atoms with Crippen molar-refractivity contribution < 1.29 is 9.84 Å². The van der Waals surface area contributed by atoms with Crippen molar-refractivity contribution in [1.82, 2.24) is 0 Å². The van der Waals surface area contributed by atoms with E-state index in [2.05, 4.69) is 24.3 Å². The lowest BCUT2D eigenvalue weighted by molar-refractivity contribution is 0.0346. The van der Waals surface area contributed by atoms with E-state index >= 15 is 0 Å². The van der Waals surface area contributed by atoms with E-state index in [-0.39, 0.29) is 12.7 Å². The van der Waals surface area contributed by atoms with Crippen LogP contribution in [0.25, 0.3) is 0 Å². The molecule has 0 saturated carbocycles. The summed E-state index contributed by atoms with van der Waals surface area (Å²) in [4.78, 5) is 0. The molecule has 0 heterocycles. The molecule has 1 aromatic carbocycles. The van der Waals surface area contributed by atoms with Gasteiger partial charge in [-0.1, -0.05) is 24.3 Å². The minimum atomic E-state index is -0.478. The number of fused-ring (bicyclic) bond motifs is 1. The predicted octanol–water partition coefficient (Wildman–Crippen LogP) is 2.57. The Labute approximate surface area is 115 Å². The predicted molar refractivity (Wildman–Crippen MR) is 77.0 cm³/mol. The summed E-state index contributed by atoms with van der Waals surface area (Å²) in [5.41, 5.74) is 8.21. The van der Waals surface area contributed by atoms with Crippen molar-refractivity contribution in [2.45, 2.75) is 50.7 Å². The van der Waals surface area contributed by atoms with E-state index in [1.807, 2.05) is 6.92 Å². The fourth-order valence-corrected chi connectivity index (χ4v) is 2.66. The highest BCUT2D eigenvalue weighted by molar-refractivity contribution is 5.31. The Hall–Kier alpha value is -0.900. The highest BCUT2D eigenvalue weighted by atomic mass is 16.5. The van der Waals surface area contributed by atoms with Crippen LogP contribution in [0.5, 0.6) is 0 Å². The Bertz CT molecular complexity index is 403. The molecule has 0 spiro atoms. The second-order valence-electron chi connectivity index (χ2n) is 5.87. The Morgan fingerprint density at radius 3 is 3.00 bits per heavy atom. The van der Waals surface area contributed by atoms with Gasteiger partial charge < -0.3 is 15.6 Å². The number of hydrogen-bond donors (Lipinski definition) is 2. The number of ether oxygens (including phenoxy) is 1. The molecule has 0 radical (unpaired) electrons. The molecule has 2 atom stereocenters. The van der Waals surface area contributed by atoms with Crippen LogP contribution in [0.2, 0.25) is 0 Å². The van der Waals surface area contributed by atoms with Crippen molar-refractivity contribution in [1.29, 1.82) is 0 Å². The summed E-state index contributed by atoms with van der Waals surface area (Å²) in [6.07, 6.45) is 5.40. The van der Waals surface area contributed by atoms with Crippen molar-refractivity contribution in [3.63, 3.8) is 0 Å². The van der Waals surface area contributed by atoms with E-state index in [0.29, 0.717) is 6.61 Å². The first kappa shape index (κ1) is 14.5. The maximum absolute atomic E-state index is 9.11. The van der Waals surface area contributed by atoms with Gasteiger partial charge in [0.15, 0.2) is 0 Å². The van der Waals surface area contributed by atoms with Gasteiger partial charge in [-0.05, 0) is 50.2 Å². The van der Waals surface area contributed by atoms with Gasteiger partial charge in [0.05, 0.1) is 12.7 Å². The molecule has 3 nitrogen and oxygen atoms in total. The van der Waals surface area contributed by atoms with Gasteiger partial charge in [0.1, 0.15) is 0 Å². The van der Waals surface area contributed by atoms with Crippen LogP contribution in [0.4, 0.5) is 0 Å². The van der Waals surface area contributed by atoms with E-state index < -0.39 is 5.54 Å². The summed E-state index contributed by atoms with van der Waals surface area (Å²) in [6.45, 7) is 2.62. The Morgan fingerprint density at radius 2 is 2.21 bits per heavy atom. The number of hydrogen-bond acceptors (Lipinski definition) is 3. The van der Waals surface area contributed by atoms with Gasteiger partial charge in [-0.25, -0.2) is 0 Å². The number of nitrogens with two attached hydrogens (primary N) is 1. The van der Waals surface area contributed by atoms with Crippen LogP contribution in [0.3, 0.4) is 0 Å². The Morgan fingerprint density at radius 1 is 1.42 bits per heavy atom. The van der Waals surface area contributed by atoms with Crippen LogP contribution in [-0.2, 0) is 11.2 Å². The highest BCUT2D eigenvalue weighted by Crippen LogP contribution is 2.32. The van der Waals surface area contributed by atoms with Crippen LogP contribution in [0.1, 0.15) is 49.8 Å². The van der Waals surface area contributed by atoms with E-state index in [4.69, 9.17) is 15.6 Å². The third kappa shape index (κ3) is 4.03. The fraction of sp³-hybridized carbons (Fsp3) is 0.625. The van der Waals surface area contributed by atoms with Crippen molar-refractivity contribution >= 4 is 0 Å². The minimum Gasteiger partial charge on any atom is -0.394 e. The molecule has 0 aliphatic heterocycles. The second-order valence-corrected chi connectivity index (χ2v) is 5.87. The molecular weight excluding hydrogens is 238 g/mol. The molecule has 3 heteroatoms. The molecule has 2 rings (SSSR count). The Kier molecular flexibility index (Phi) is 4.97. The molecule has 106 valence electrons. The first-order valence-electron chi connectivity index (χ1n) is 7.21. The van der Waals surface area contributed by atoms with Crippen molar-refractivity contribution in [2.75, 3.05) is 13.2 Å². The second kappa shape index (κ2) is 6.51. The maximum atomic E-state index is 9.11. The van der Waals surface area contributed by atoms with Gasteiger partial charge in [-0.3, -0.25) is 0 Å². The molecule has 1 aliphatic carbocycles. The molecule has 0 saturated heterocycles. The highest BCUT2D eigenvalue weighted by Gasteiger charge is 2.21. The average Bonchev–Trinajstić information content (AvgIpc) is 2.44. The van der Waals surface area contributed by atoms with Gasteiger partial charge in [0.2, 0.25) is 0 Å². The van der Waals surface area contributed by atoms with Gasteiger partial charge >= 0.3 is 0 Å². The van der Waals surface area contributed by atoms with Crippen LogP contribution in [0.15, 0.2) is 24.3 Å². The lowest BCUT2D eigenvalue weighted by atomic mass is 9.89. The van der Waals surface area contributed by atoms with Gasteiger partial charge in [0, 0.05) is 12.1 Å². The zero-order chi connectivity index (χ0) is 13.7. The topological polar surface area (TPSA) is 55.5 Å². The number of aryl methyl sites for hydroxylation is 1. The van der Waals surface area contributed by atoms with Crippen molar-refractivity contribution in [2.24, 2.45) is 5.73 Å². The number of rotatable bonds is 6. The normalized spacial score (nSPS) is 21.7. The molecule has 1 aliphatic rings. The molecule has 0 aromatic heterocycles. The Balaban J connectivity index is 1.82. The lowest BCUT2D eigenvalue weighted by Gasteiger charge is -2.26. The standard InChI is InChI=1S/C16H25NO2/c1-16(17,12-18)10-5-11-19-15-9-4-7-13-6-2-3-8-14(13)15/h2-3,6,8,15,18H,4-5,7,9-12,17H2,1H3. The summed E-state index contributed by atoms with van der Waals surface area (Å²) >= 11 is 0. The summed E-state index contributed by atoms with van der Waals surface area (Å²) < 4.78 is 6.01. The largest absolute Gasteiger partial charge is 0.394 e. The number of aliphatic hydroxyl groups excluding tert-OH is 1. The van der Waals surface area contributed by atoms with Gasteiger partial charge in [-0.2, -0.15) is 0 Å². The van der Waals surface area contributed by atoms with Crippen molar-refractivity contribution in [3.8, 4) is 0 Å². The first-order valence-corrected chi connectivity index (χ1v) is 7.21. The summed E-state index contributed by atoms with van der Waals surface area (Å²) in [5, 5.41) is 9.11. The third-order valence-electron chi connectivity index (χ3n) is 3.89. The van der Waals surface area contributed by atoms with E-state index in [1.165, 1.54) is 24.0 Å². The summed E-state index contributed by atoms with van der Waals surface area (Å²) in [6, 6.07) is 8.57. The van der Waals surface area contributed by atoms with E-state index in [1.54, 1.807) is 0 Å². The zero-order valence-electron chi connectivity index (χ0n) is 11.8. The molecule has 0 amide bonds. The van der Waals surface area contributed by atoms with Gasteiger partial charge in [-0.15, -0.1) is 0 Å². The minimum absolute atomic E-state index is 0.0270.